The van der Waals surface area contributed by atoms with Crippen molar-refractivity contribution in [3.8, 4) is 0 Å². The molecular weight excluding hydrogens is 240 g/mol. The molecule has 0 atom stereocenters. The highest BCUT2D eigenvalue weighted by Crippen LogP contribution is 2.45. The van der Waals surface area contributed by atoms with E-state index < -0.39 is 0 Å². The van der Waals surface area contributed by atoms with Gasteiger partial charge in [-0.2, -0.15) is 0 Å². The third-order valence-corrected chi connectivity index (χ3v) is 5.39. The summed E-state index contributed by atoms with van der Waals surface area (Å²) in [5.41, 5.74) is 5.88. The monoisotopic (exact) mass is 264 g/mol. The number of nitrogens with two attached hydrogens (primary N) is 1. The molecule has 0 unspecified atom stereocenters. The SMILES string of the molecule is NC1(CN2C(=O)CC3(CCCCC3)CC2=O)CCC1. The van der Waals surface area contributed by atoms with E-state index in [1.807, 2.05) is 0 Å². The van der Waals surface area contributed by atoms with Crippen LogP contribution >= 0.6 is 0 Å². The van der Waals surface area contributed by atoms with E-state index in [0.717, 1.165) is 32.1 Å². The molecule has 2 aliphatic carbocycles. The first kappa shape index (κ1) is 13.1. The molecule has 19 heavy (non-hydrogen) atoms. The summed E-state index contributed by atoms with van der Waals surface area (Å²) in [5, 5.41) is 0. The summed E-state index contributed by atoms with van der Waals surface area (Å²) < 4.78 is 0. The average molecular weight is 264 g/mol. The number of amides is 2. The normalized spacial score (nSPS) is 29.4. The van der Waals surface area contributed by atoms with Crippen molar-refractivity contribution >= 4 is 11.8 Å². The Kier molecular flexibility index (Phi) is 3.16. The Bertz CT molecular complexity index is 375. The second-order valence-corrected chi connectivity index (χ2v) is 7.00. The molecule has 3 rings (SSSR count). The zero-order chi connectivity index (χ0) is 13.5. The van der Waals surface area contributed by atoms with Gasteiger partial charge >= 0.3 is 0 Å². The van der Waals surface area contributed by atoms with Gasteiger partial charge in [-0.05, 0) is 37.5 Å². The van der Waals surface area contributed by atoms with E-state index in [9.17, 15) is 9.59 Å². The van der Waals surface area contributed by atoms with Gasteiger partial charge in [0.15, 0.2) is 0 Å². The molecule has 1 spiro atoms. The molecule has 2 saturated carbocycles. The van der Waals surface area contributed by atoms with E-state index in [-0.39, 0.29) is 22.8 Å². The first-order valence-electron chi connectivity index (χ1n) is 7.64. The number of rotatable bonds is 2. The topological polar surface area (TPSA) is 63.4 Å². The smallest absolute Gasteiger partial charge is 0.229 e. The molecule has 2 amide bonds. The number of hydrogen-bond acceptors (Lipinski definition) is 3. The molecule has 3 aliphatic rings. The zero-order valence-electron chi connectivity index (χ0n) is 11.6. The molecule has 0 aromatic carbocycles. The van der Waals surface area contributed by atoms with E-state index >= 15 is 0 Å². The van der Waals surface area contributed by atoms with Crippen LogP contribution in [0.5, 0.6) is 0 Å². The predicted octanol–water partition coefficient (Wildman–Crippen LogP) is 1.97. The molecule has 1 aliphatic heterocycles. The summed E-state index contributed by atoms with van der Waals surface area (Å²) in [6, 6.07) is 0. The van der Waals surface area contributed by atoms with Gasteiger partial charge in [0.25, 0.3) is 0 Å². The lowest BCUT2D eigenvalue weighted by Crippen LogP contribution is -2.60. The maximum Gasteiger partial charge on any atom is 0.229 e. The number of piperidine rings is 1. The molecule has 1 heterocycles. The summed E-state index contributed by atoms with van der Waals surface area (Å²) >= 11 is 0. The third-order valence-electron chi connectivity index (χ3n) is 5.39. The van der Waals surface area contributed by atoms with Gasteiger partial charge in [0.2, 0.25) is 11.8 Å². The molecular formula is C15H24N2O2. The Hall–Kier alpha value is -0.900. The van der Waals surface area contributed by atoms with Crippen molar-refractivity contribution in [2.45, 2.75) is 69.7 Å². The highest BCUT2D eigenvalue weighted by molar-refractivity contribution is 5.98. The van der Waals surface area contributed by atoms with Crippen LogP contribution in [-0.2, 0) is 9.59 Å². The molecule has 1 saturated heterocycles. The number of carbonyl (C=O) groups is 2. The second-order valence-electron chi connectivity index (χ2n) is 7.00. The van der Waals surface area contributed by atoms with E-state index in [1.165, 1.54) is 24.2 Å². The minimum Gasteiger partial charge on any atom is -0.324 e. The Morgan fingerprint density at radius 1 is 0.895 bits per heavy atom. The van der Waals surface area contributed by atoms with Gasteiger partial charge in [-0.3, -0.25) is 14.5 Å². The van der Waals surface area contributed by atoms with Crippen molar-refractivity contribution in [1.82, 2.24) is 4.90 Å². The molecule has 4 nitrogen and oxygen atoms in total. The number of nitrogens with zero attached hydrogens (tertiary/aromatic N) is 1. The van der Waals surface area contributed by atoms with Crippen molar-refractivity contribution in [2.75, 3.05) is 6.54 Å². The molecule has 4 heteroatoms. The lowest BCUT2D eigenvalue weighted by Gasteiger charge is -2.46. The fraction of sp³-hybridized carbons (Fsp3) is 0.867. The highest BCUT2D eigenvalue weighted by atomic mass is 16.2. The first-order valence-corrected chi connectivity index (χ1v) is 7.64. The van der Waals surface area contributed by atoms with Gasteiger partial charge in [-0.25, -0.2) is 0 Å². The van der Waals surface area contributed by atoms with Crippen LogP contribution in [0.4, 0.5) is 0 Å². The maximum atomic E-state index is 12.3. The molecule has 0 aromatic rings. The van der Waals surface area contributed by atoms with Gasteiger partial charge in [0.1, 0.15) is 0 Å². The van der Waals surface area contributed by atoms with Gasteiger partial charge in [0.05, 0.1) is 0 Å². The Labute approximate surface area is 114 Å². The van der Waals surface area contributed by atoms with Crippen molar-refractivity contribution < 1.29 is 9.59 Å². The van der Waals surface area contributed by atoms with Crippen LogP contribution in [0, 0.1) is 5.41 Å². The van der Waals surface area contributed by atoms with E-state index in [2.05, 4.69) is 0 Å². The van der Waals surface area contributed by atoms with Crippen molar-refractivity contribution in [2.24, 2.45) is 11.1 Å². The van der Waals surface area contributed by atoms with Crippen molar-refractivity contribution in [3.63, 3.8) is 0 Å². The molecule has 106 valence electrons. The maximum absolute atomic E-state index is 12.3. The van der Waals surface area contributed by atoms with Crippen molar-refractivity contribution in [1.29, 1.82) is 0 Å². The van der Waals surface area contributed by atoms with E-state index in [1.54, 1.807) is 0 Å². The zero-order valence-corrected chi connectivity index (χ0v) is 11.6. The van der Waals surface area contributed by atoms with Crippen LogP contribution in [-0.4, -0.2) is 28.8 Å². The van der Waals surface area contributed by atoms with E-state index in [0.29, 0.717) is 19.4 Å². The van der Waals surface area contributed by atoms with Crippen molar-refractivity contribution in [3.05, 3.63) is 0 Å². The van der Waals surface area contributed by atoms with Crippen LogP contribution in [0.3, 0.4) is 0 Å². The van der Waals surface area contributed by atoms with Gasteiger partial charge in [-0.15, -0.1) is 0 Å². The molecule has 0 radical (unpaired) electrons. The fourth-order valence-electron chi connectivity index (χ4n) is 3.97. The second kappa shape index (κ2) is 4.58. The van der Waals surface area contributed by atoms with Crippen LogP contribution < -0.4 is 5.73 Å². The standard InChI is InChI=1S/C15H24N2O2/c16-15(7-4-8-15)11-17-12(18)9-14(10-13(17)19)5-2-1-3-6-14/h1-11,16H2. The minimum absolute atomic E-state index is 0.00963. The third kappa shape index (κ3) is 2.42. The fourth-order valence-corrected chi connectivity index (χ4v) is 3.97. The molecule has 3 fully saturated rings. The number of imide groups is 1. The number of hydrogen-bond donors (Lipinski definition) is 1. The van der Waals surface area contributed by atoms with E-state index in [4.69, 9.17) is 5.73 Å². The highest BCUT2D eigenvalue weighted by Gasteiger charge is 2.46. The van der Waals surface area contributed by atoms with Crippen LogP contribution in [0.15, 0.2) is 0 Å². The van der Waals surface area contributed by atoms with Gasteiger partial charge in [-0.1, -0.05) is 19.3 Å². The van der Waals surface area contributed by atoms with Gasteiger partial charge in [0, 0.05) is 24.9 Å². The van der Waals surface area contributed by atoms with Gasteiger partial charge < -0.3 is 5.73 Å². The number of carbonyl (C=O) groups excluding carboxylic acids is 2. The van der Waals surface area contributed by atoms with Crippen LogP contribution in [0.1, 0.15) is 64.2 Å². The minimum atomic E-state index is -0.289. The largest absolute Gasteiger partial charge is 0.324 e. The summed E-state index contributed by atoms with van der Waals surface area (Å²) in [4.78, 5) is 26.1. The number of likely N-dealkylation sites (tertiary alicyclic amines) is 1. The lowest BCUT2D eigenvalue weighted by atomic mass is 9.67. The van der Waals surface area contributed by atoms with Crippen LogP contribution in [0.2, 0.25) is 0 Å². The summed E-state index contributed by atoms with van der Waals surface area (Å²) in [6.45, 7) is 0.445. The quantitative estimate of drug-likeness (QED) is 0.776. The summed E-state index contributed by atoms with van der Waals surface area (Å²) in [6.07, 6.45) is 9.81. The lowest BCUT2D eigenvalue weighted by molar-refractivity contribution is -0.156. The Morgan fingerprint density at radius 2 is 1.47 bits per heavy atom. The average Bonchev–Trinajstić information content (AvgIpc) is 2.33. The first-order chi connectivity index (χ1) is 9.02. The molecule has 0 bridgehead atoms. The van der Waals surface area contributed by atoms with Crippen LogP contribution in [0.25, 0.3) is 0 Å². The molecule has 2 N–H and O–H groups in total. The summed E-state index contributed by atoms with van der Waals surface area (Å²) in [7, 11) is 0. The Morgan fingerprint density at radius 3 is 1.95 bits per heavy atom. The molecule has 0 aromatic heterocycles. The Balaban J connectivity index is 1.69. The summed E-state index contributed by atoms with van der Waals surface area (Å²) in [5.74, 6) is 0.0461. The predicted molar refractivity (Wildman–Crippen MR) is 72.2 cm³/mol.